The van der Waals surface area contributed by atoms with Crippen LogP contribution in [0, 0.1) is 0 Å². The van der Waals surface area contributed by atoms with Crippen LogP contribution < -0.4 is 4.90 Å². The van der Waals surface area contributed by atoms with Gasteiger partial charge in [-0.1, -0.05) is 18.2 Å². The molecule has 1 heterocycles. The molecule has 1 aromatic carbocycles. The summed E-state index contributed by atoms with van der Waals surface area (Å²) in [4.78, 5) is 6.87. The predicted octanol–water partition coefficient (Wildman–Crippen LogP) is 2.33. The van der Waals surface area contributed by atoms with Crippen LogP contribution in [-0.2, 0) is 4.74 Å². The van der Waals surface area contributed by atoms with Gasteiger partial charge in [-0.25, -0.2) is 0 Å². The zero-order valence-corrected chi connectivity index (χ0v) is 10.1. The average molecular weight is 218 g/mol. The molecule has 2 rings (SSSR count). The molecule has 3 nitrogen and oxygen atoms in total. The van der Waals surface area contributed by atoms with Crippen molar-refractivity contribution in [3.63, 3.8) is 0 Å². The van der Waals surface area contributed by atoms with Gasteiger partial charge in [-0.2, -0.15) is 0 Å². The maximum absolute atomic E-state index is 5.33. The number of benzene rings is 1. The van der Waals surface area contributed by atoms with E-state index in [4.69, 9.17) is 4.74 Å². The minimum Gasteiger partial charge on any atom is -0.379 e. The number of ether oxygens (including phenoxy) is 1. The maximum Gasteiger partial charge on any atom is 0.101 e. The minimum atomic E-state index is 0.170. The summed E-state index contributed by atoms with van der Waals surface area (Å²) in [6.07, 6.45) is 0.170. The van der Waals surface area contributed by atoms with Crippen molar-refractivity contribution >= 4 is 11.5 Å². The van der Waals surface area contributed by atoms with Gasteiger partial charge in [0.25, 0.3) is 0 Å². The standard InChI is InChI=1S/C13H18N2O/c1-10(16-3)13-9-15(11(2)14-13)12-7-5-4-6-8-12/h4-8,10,13H,9H2,1-3H3. The Balaban J connectivity index is 2.14. The number of nitrogens with zero attached hydrogens (tertiary/aromatic N) is 2. The van der Waals surface area contributed by atoms with Gasteiger partial charge in [-0.3, -0.25) is 4.99 Å². The van der Waals surface area contributed by atoms with Crippen LogP contribution in [0.15, 0.2) is 35.3 Å². The Morgan fingerprint density at radius 2 is 2.06 bits per heavy atom. The van der Waals surface area contributed by atoms with E-state index < -0.39 is 0 Å². The number of methoxy groups -OCH3 is 1. The summed E-state index contributed by atoms with van der Waals surface area (Å²) in [7, 11) is 1.74. The topological polar surface area (TPSA) is 24.8 Å². The summed E-state index contributed by atoms with van der Waals surface area (Å²) in [6.45, 7) is 5.02. The quantitative estimate of drug-likeness (QED) is 0.778. The van der Waals surface area contributed by atoms with Crippen LogP contribution in [0.5, 0.6) is 0 Å². The first-order chi connectivity index (χ1) is 7.72. The minimum absolute atomic E-state index is 0.170. The van der Waals surface area contributed by atoms with Gasteiger partial charge in [-0.05, 0) is 26.0 Å². The largest absolute Gasteiger partial charge is 0.379 e. The molecule has 0 aromatic heterocycles. The molecule has 2 unspecified atom stereocenters. The number of amidine groups is 1. The molecule has 0 bridgehead atoms. The summed E-state index contributed by atoms with van der Waals surface area (Å²) < 4.78 is 5.33. The molecule has 1 aliphatic heterocycles. The maximum atomic E-state index is 5.33. The molecular formula is C13H18N2O. The van der Waals surface area contributed by atoms with Gasteiger partial charge in [0, 0.05) is 19.3 Å². The third-order valence-corrected chi connectivity index (χ3v) is 3.09. The Morgan fingerprint density at radius 1 is 1.38 bits per heavy atom. The lowest BCUT2D eigenvalue weighted by atomic mass is 10.2. The van der Waals surface area contributed by atoms with E-state index in [0.717, 1.165) is 12.4 Å². The number of hydrogen-bond donors (Lipinski definition) is 0. The van der Waals surface area contributed by atoms with E-state index in [2.05, 4.69) is 48.0 Å². The molecule has 0 spiro atoms. The van der Waals surface area contributed by atoms with Crippen molar-refractivity contribution in [2.45, 2.75) is 26.0 Å². The first kappa shape index (κ1) is 11.1. The van der Waals surface area contributed by atoms with Crippen molar-refractivity contribution < 1.29 is 4.74 Å². The van der Waals surface area contributed by atoms with Gasteiger partial charge in [0.1, 0.15) is 5.84 Å². The highest BCUT2D eigenvalue weighted by atomic mass is 16.5. The molecule has 0 N–H and O–H groups in total. The Kier molecular flexibility index (Phi) is 3.25. The van der Waals surface area contributed by atoms with Crippen molar-refractivity contribution in [3.8, 4) is 0 Å². The monoisotopic (exact) mass is 218 g/mol. The SMILES string of the molecule is COC(C)C1CN(c2ccccc2)C(C)=N1. The Hall–Kier alpha value is -1.35. The van der Waals surface area contributed by atoms with Crippen molar-refractivity contribution in [3.05, 3.63) is 30.3 Å². The summed E-state index contributed by atoms with van der Waals surface area (Å²) in [5.41, 5.74) is 1.20. The molecule has 2 atom stereocenters. The highest BCUT2D eigenvalue weighted by Gasteiger charge is 2.27. The van der Waals surface area contributed by atoms with Crippen molar-refractivity contribution in [1.29, 1.82) is 0 Å². The van der Waals surface area contributed by atoms with Crippen molar-refractivity contribution in [2.24, 2.45) is 4.99 Å². The second-order valence-electron chi connectivity index (χ2n) is 4.13. The Labute approximate surface area is 96.7 Å². The number of para-hydroxylation sites is 1. The Bertz CT molecular complexity index is 375. The van der Waals surface area contributed by atoms with Gasteiger partial charge < -0.3 is 9.64 Å². The molecule has 0 radical (unpaired) electrons. The molecule has 16 heavy (non-hydrogen) atoms. The average Bonchev–Trinajstić information content (AvgIpc) is 2.71. The Morgan fingerprint density at radius 3 is 2.69 bits per heavy atom. The van der Waals surface area contributed by atoms with E-state index in [-0.39, 0.29) is 12.1 Å². The van der Waals surface area contributed by atoms with Gasteiger partial charge in [-0.15, -0.1) is 0 Å². The van der Waals surface area contributed by atoms with Gasteiger partial charge in [0.15, 0.2) is 0 Å². The molecule has 0 saturated carbocycles. The third kappa shape index (κ3) is 2.09. The van der Waals surface area contributed by atoms with Crippen LogP contribution in [-0.4, -0.2) is 31.6 Å². The van der Waals surface area contributed by atoms with E-state index in [1.54, 1.807) is 7.11 Å². The molecule has 1 aromatic rings. The molecule has 1 aliphatic rings. The number of anilines is 1. The molecular weight excluding hydrogens is 200 g/mol. The second kappa shape index (κ2) is 4.66. The lowest BCUT2D eigenvalue weighted by Crippen LogP contribution is -2.32. The molecule has 0 aliphatic carbocycles. The molecule has 0 amide bonds. The van der Waals surface area contributed by atoms with E-state index in [9.17, 15) is 0 Å². The lowest BCUT2D eigenvalue weighted by molar-refractivity contribution is 0.101. The molecule has 86 valence electrons. The van der Waals surface area contributed by atoms with E-state index in [1.165, 1.54) is 5.69 Å². The highest BCUT2D eigenvalue weighted by molar-refractivity contribution is 5.97. The van der Waals surface area contributed by atoms with Crippen LogP contribution in [0.1, 0.15) is 13.8 Å². The summed E-state index contributed by atoms with van der Waals surface area (Å²) >= 11 is 0. The van der Waals surface area contributed by atoms with Gasteiger partial charge >= 0.3 is 0 Å². The number of hydrogen-bond acceptors (Lipinski definition) is 3. The lowest BCUT2D eigenvalue weighted by Gasteiger charge is -2.21. The van der Waals surface area contributed by atoms with Crippen LogP contribution in [0.25, 0.3) is 0 Å². The summed E-state index contributed by atoms with van der Waals surface area (Å²) in [5.74, 6) is 1.07. The van der Waals surface area contributed by atoms with Gasteiger partial charge in [0.05, 0.1) is 12.1 Å². The van der Waals surface area contributed by atoms with Crippen molar-refractivity contribution in [2.75, 3.05) is 18.6 Å². The number of aliphatic imine (C=N–C) groups is 1. The smallest absolute Gasteiger partial charge is 0.101 e. The highest BCUT2D eigenvalue weighted by Crippen LogP contribution is 2.21. The zero-order chi connectivity index (χ0) is 11.5. The van der Waals surface area contributed by atoms with Crippen molar-refractivity contribution in [1.82, 2.24) is 0 Å². The fraction of sp³-hybridized carbons (Fsp3) is 0.462. The van der Waals surface area contributed by atoms with Crippen LogP contribution in [0.2, 0.25) is 0 Å². The van der Waals surface area contributed by atoms with E-state index in [0.29, 0.717) is 0 Å². The molecule has 3 heteroatoms. The predicted molar refractivity (Wildman–Crippen MR) is 67.2 cm³/mol. The van der Waals surface area contributed by atoms with E-state index in [1.807, 2.05) is 6.07 Å². The second-order valence-corrected chi connectivity index (χ2v) is 4.13. The molecule has 0 saturated heterocycles. The first-order valence-corrected chi connectivity index (χ1v) is 5.62. The van der Waals surface area contributed by atoms with Crippen LogP contribution >= 0.6 is 0 Å². The number of rotatable bonds is 3. The fourth-order valence-electron chi connectivity index (χ4n) is 1.98. The van der Waals surface area contributed by atoms with E-state index >= 15 is 0 Å². The summed E-state index contributed by atoms with van der Waals surface area (Å²) in [5, 5.41) is 0. The fourth-order valence-corrected chi connectivity index (χ4v) is 1.98. The molecule has 0 fully saturated rings. The first-order valence-electron chi connectivity index (χ1n) is 5.62. The third-order valence-electron chi connectivity index (χ3n) is 3.09. The van der Waals surface area contributed by atoms with Gasteiger partial charge in [0.2, 0.25) is 0 Å². The van der Waals surface area contributed by atoms with Crippen LogP contribution in [0.3, 0.4) is 0 Å². The summed E-state index contributed by atoms with van der Waals surface area (Å²) in [6, 6.07) is 10.6. The normalized spacial score (nSPS) is 22.1. The zero-order valence-electron chi connectivity index (χ0n) is 10.1. The van der Waals surface area contributed by atoms with Crippen LogP contribution in [0.4, 0.5) is 5.69 Å².